The van der Waals surface area contributed by atoms with Crippen molar-refractivity contribution in [2.75, 3.05) is 13.2 Å². The Kier molecular flexibility index (Phi) is 5.59. The number of carbonyl (C=O) groups is 1. The van der Waals surface area contributed by atoms with Gasteiger partial charge in [-0.05, 0) is 26.0 Å². The fraction of sp³-hybridized carbons (Fsp3) is 0.190. The van der Waals surface area contributed by atoms with E-state index in [2.05, 4.69) is 0 Å². The molecule has 0 atom stereocenters. The zero-order chi connectivity index (χ0) is 18.4. The van der Waals surface area contributed by atoms with E-state index in [0.29, 0.717) is 41.6 Å². The van der Waals surface area contributed by atoms with E-state index in [1.807, 2.05) is 44.2 Å². The smallest absolute Gasteiger partial charge is 0.493 e. The number of fused-ring (bicyclic) bond motifs is 1. The summed E-state index contributed by atoms with van der Waals surface area (Å²) in [6.45, 7) is 4.72. The van der Waals surface area contributed by atoms with Gasteiger partial charge in [0.25, 0.3) is 0 Å². The second kappa shape index (κ2) is 8.25. The van der Waals surface area contributed by atoms with Crippen molar-refractivity contribution in [3.8, 4) is 23.0 Å². The first-order chi connectivity index (χ1) is 12.7. The maximum atomic E-state index is 12.3. The molecule has 3 aromatic carbocycles. The summed E-state index contributed by atoms with van der Waals surface area (Å²) in [7, 11) is 0. The molecule has 0 aliphatic carbocycles. The summed E-state index contributed by atoms with van der Waals surface area (Å²) in [6.07, 6.45) is -0.827. The van der Waals surface area contributed by atoms with Gasteiger partial charge in [0.15, 0.2) is 11.5 Å². The maximum absolute atomic E-state index is 12.3. The van der Waals surface area contributed by atoms with Gasteiger partial charge in [0.05, 0.1) is 13.2 Å². The van der Waals surface area contributed by atoms with Crippen LogP contribution in [0.3, 0.4) is 0 Å². The molecule has 0 heterocycles. The lowest BCUT2D eigenvalue weighted by atomic mass is 10.1. The Morgan fingerprint density at radius 3 is 2.08 bits per heavy atom. The molecule has 3 rings (SSSR count). The third-order valence-corrected chi connectivity index (χ3v) is 3.65. The Hall–Kier alpha value is -3.21. The van der Waals surface area contributed by atoms with E-state index >= 15 is 0 Å². The van der Waals surface area contributed by atoms with Crippen LogP contribution >= 0.6 is 0 Å². The first-order valence-electron chi connectivity index (χ1n) is 8.49. The Morgan fingerprint density at radius 2 is 1.38 bits per heavy atom. The Balaban J connectivity index is 1.99. The van der Waals surface area contributed by atoms with Crippen LogP contribution in [0.15, 0.2) is 60.7 Å². The van der Waals surface area contributed by atoms with Crippen molar-refractivity contribution >= 4 is 16.9 Å². The fourth-order valence-corrected chi connectivity index (χ4v) is 2.62. The van der Waals surface area contributed by atoms with Gasteiger partial charge in [-0.25, -0.2) is 4.79 Å². The minimum atomic E-state index is -0.827. The molecule has 0 radical (unpaired) electrons. The highest BCUT2D eigenvalue weighted by Crippen LogP contribution is 2.42. The third-order valence-electron chi connectivity index (χ3n) is 3.65. The van der Waals surface area contributed by atoms with Crippen LogP contribution in [0.2, 0.25) is 0 Å². The van der Waals surface area contributed by atoms with Crippen molar-refractivity contribution in [3.63, 3.8) is 0 Å². The monoisotopic (exact) mass is 352 g/mol. The lowest BCUT2D eigenvalue weighted by Gasteiger charge is -2.16. The van der Waals surface area contributed by atoms with E-state index in [4.69, 9.17) is 18.9 Å². The van der Waals surface area contributed by atoms with Gasteiger partial charge in [0, 0.05) is 16.8 Å². The summed E-state index contributed by atoms with van der Waals surface area (Å²) in [4.78, 5) is 12.3. The highest BCUT2D eigenvalue weighted by atomic mass is 16.7. The average Bonchev–Trinajstić information content (AvgIpc) is 2.66. The molecule has 5 nitrogen and oxygen atoms in total. The van der Waals surface area contributed by atoms with Crippen LogP contribution in [-0.4, -0.2) is 19.4 Å². The third kappa shape index (κ3) is 3.88. The quantitative estimate of drug-likeness (QED) is 0.450. The molecule has 26 heavy (non-hydrogen) atoms. The van der Waals surface area contributed by atoms with Gasteiger partial charge in [-0.2, -0.15) is 0 Å². The number of benzene rings is 3. The zero-order valence-corrected chi connectivity index (χ0v) is 14.7. The number of hydrogen-bond acceptors (Lipinski definition) is 5. The molecule has 0 unspecified atom stereocenters. The molecule has 0 saturated heterocycles. The lowest BCUT2D eigenvalue weighted by molar-refractivity contribution is 0.150. The van der Waals surface area contributed by atoms with Crippen LogP contribution in [0.5, 0.6) is 23.0 Å². The minimum absolute atomic E-state index is 0.312. The molecule has 5 heteroatoms. The highest BCUT2D eigenvalue weighted by Gasteiger charge is 2.19. The van der Waals surface area contributed by atoms with Crippen LogP contribution in [0.4, 0.5) is 4.79 Å². The first kappa shape index (κ1) is 17.6. The molecular formula is C21H20O5. The van der Waals surface area contributed by atoms with Gasteiger partial charge in [-0.15, -0.1) is 0 Å². The van der Waals surface area contributed by atoms with E-state index in [1.54, 1.807) is 30.3 Å². The van der Waals surface area contributed by atoms with Crippen molar-refractivity contribution in [2.24, 2.45) is 0 Å². The highest BCUT2D eigenvalue weighted by molar-refractivity contribution is 5.96. The van der Waals surface area contributed by atoms with Crippen LogP contribution in [0.1, 0.15) is 13.8 Å². The summed E-state index contributed by atoms with van der Waals surface area (Å²) in [5, 5.41) is 1.55. The Morgan fingerprint density at radius 1 is 0.769 bits per heavy atom. The van der Waals surface area contributed by atoms with Crippen LogP contribution < -0.4 is 18.9 Å². The van der Waals surface area contributed by atoms with E-state index in [1.165, 1.54) is 0 Å². The van der Waals surface area contributed by atoms with E-state index in [0.717, 1.165) is 5.39 Å². The number of hydrogen-bond donors (Lipinski definition) is 0. The summed E-state index contributed by atoms with van der Waals surface area (Å²) in [5.41, 5.74) is 0. The summed E-state index contributed by atoms with van der Waals surface area (Å²) in [6, 6.07) is 18.0. The summed E-state index contributed by atoms with van der Waals surface area (Å²) < 4.78 is 22.1. The van der Waals surface area contributed by atoms with Crippen molar-refractivity contribution in [1.29, 1.82) is 0 Å². The summed E-state index contributed by atoms with van der Waals surface area (Å²) >= 11 is 0. The predicted molar refractivity (Wildman–Crippen MR) is 99.4 cm³/mol. The molecule has 0 aliphatic rings. The molecule has 0 fully saturated rings. The van der Waals surface area contributed by atoms with Crippen molar-refractivity contribution < 1.29 is 23.7 Å². The zero-order valence-electron chi connectivity index (χ0n) is 14.7. The molecule has 0 amide bonds. The SMILES string of the molecule is CCOc1cc(OCC)c2ccccc2c1OC(=O)Oc1ccccc1. The Labute approximate surface area is 152 Å². The lowest BCUT2D eigenvalue weighted by Crippen LogP contribution is -2.15. The van der Waals surface area contributed by atoms with Gasteiger partial charge in [-0.1, -0.05) is 42.5 Å². The summed E-state index contributed by atoms with van der Waals surface area (Å²) in [5.74, 6) is 1.83. The molecule has 0 aliphatic heterocycles. The van der Waals surface area contributed by atoms with E-state index in [9.17, 15) is 4.79 Å². The van der Waals surface area contributed by atoms with Gasteiger partial charge in [-0.3, -0.25) is 0 Å². The van der Waals surface area contributed by atoms with Crippen LogP contribution in [-0.2, 0) is 0 Å². The second-order valence-electron chi connectivity index (χ2n) is 5.38. The number of rotatable bonds is 6. The van der Waals surface area contributed by atoms with Gasteiger partial charge >= 0.3 is 6.16 Å². The molecule has 134 valence electrons. The van der Waals surface area contributed by atoms with Gasteiger partial charge < -0.3 is 18.9 Å². The van der Waals surface area contributed by atoms with Gasteiger partial charge in [0.2, 0.25) is 0 Å². The van der Waals surface area contributed by atoms with Crippen LogP contribution in [0.25, 0.3) is 10.8 Å². The fourth-order valence-electron chi connectivity index (χ4n) is 2.62. The average molecular weight is 352 g/mol. The maximum Gasteiger partial charge on any atom is 0.519 e. The van der Waals surface area contributed by atoms with Crippen molar-refractivity contribution in [1.82, 2.24) is 0 Å². The van der Waals surface area contributed by atoms with Crippen molar-refractivity contribution in [2.45, 2.75) is 13.8 Å². The topological polar surface area (TPSA) is 54.0 Å². The number of carbonyl (C=O) groups excluding carboxylic acids is 1. The molecule has 3 aromatic rings. The van der Waals surface area contributed by atoms with E-state index < -0.39 is 6.16 Å². The van der Waals surface area contributed by atoms with E-state index in [-0.39, 0.29) is 0 Å². The minimum Gasteiger partial charge on any atom is -0.493 e. The molecule has 0 saturated carbocycles. The number of para-hydroxylation sites is 1. The second-order valence-corrected chi connectivity index (χ2v) is 5.38. The van der Waals surface area contributed by atoms with Crippen LogP contribution in [0, 0.1) is 0 Å². The largest absolute Gasteiger partial charge is 0.519 e. The standard InChI is InChI=1S/C21H20O5/c1-3-23-18-14-19(24-4-2)20(17-13-9-8-12-16(17)18)26-21(22)25-15-10-6-5-7-11-15/h5-14H,3-4H2,1-2H3. The van der Waals surface area contributed by atoms with Gasteiger partial charge in [0.1, 0.15) is 11.5 Å². The molecule has 0 aromatic heterocycles. The van der Waals surface area contributed by atoms with Crippen molar-refractivity contribution in [3.05, 3.63) is 60.7 Å². The molecule has 0 bridgehead atoms. The normalized spacial score (nSPS) is 10.4. The number of ether oxygens (including phenoxy) is 4. The Bertz CT molecular complexity index is 890. The molecular weight excluding hydrogens is 332 g/mol. The molecule has 0 spiro atoms. The first-order valence-corrected chi connectivity index (χ1v) is 8.49. The molecule has 0 N–H and O–H groups in total. The predicted octanol–water partition coefficient (Wildman–Crippen LogP) is 5.22.